The Morgan fingerprint density at radius 2 is 1.96 bits per heavy atom. The largest absolute Gasteiger partial charge is 0.390 e. The average molecular weight is 353 g/mol. The lowest BCUT2D eigenvalue weighted by molar-refractivity contribution is -0.125. The highest BCUT2D eigenvalue weighted by molar-refractivity contribution is 7.89. The van der Waals surface area contributed by atoms with Gasteiger partial charge in [-0.15, -0.1) is 0 Å². The van der Waals surface area contributed by atoms with Crippen LogP contribution in [-0.4, -0.2) is 62.2 Å². The van der Waals surface area contributed by atoms with Crippen molar-refractivity contribution in [3.8, 4) is 0 Å². The topological polar surface area (TPSA) is 98.7 Å². The maximum absolute atomic E-state index is 12.5. The molecule has 1 aliphatic heterocycles. The first kappa shape index (κ1) is 17.3. The van der Waals surface area contributed by atoms with E-state index in [0.717, 1.165) is 5.56 Å². The monoisotopic (exact) mass is 353 g/mol. The van der Waals surface area contributed by atoms with E-state index in [0.29, 0.717) is 25.9 Å². The molecule has 0 unspecified atom stereocenters. The number of piperazine rings is 1. The van der Waals surface area contributed by atoms with Crippen LogP contribution in [0.5, 0.6) is 0 Å². The first-order chi connectivity index (χ1) is 11.4. The zero-order chi connectivity index (χ0) is 17.3. The Labute approximate surface area is 142 Å². The van der Waals surface area contributed by atoms with E-state index in [-0.39, 0.29) is 23.4 Å². The van der Waals surface area contributed by atoms with E-state index < -0.39 is 22.2 Å². The fraction of sp³-hybridized carbons (Fsp3) is 0.562. The maximum atomic E-state index is 12.5. The second kappa shape index (κ2) is 6.79. The Kier molecular flexibility index (Phi) is 4.91. The van der Waals surface area contributed by atoms with Gasteiger partial charge in [0, 0.05) is 25.2 Å². The molecule has 1 saturated carbocycles. The van der Waals surface area contributed by atoms with Gasteiger partial charge in [-0.1, -0.05) is 17.7 Å². The molecule has 1 saturated heterocycles. The van der Waals surface area contributed by atoms with Crippen molar-refractivity contribution in [1.29, 1.82) is 0 Å². The number of benzene rings is 1. The number of nitrogens with zero attached hydrogens (tertiary/aromatic N) is 1. The zero-order valence-electron chi connectivity index (χ0n) is 13.6. The van der Waals surface area contributed by atoms with Gasteiger partial charge in [0.1, 0.15) is 0 Å². The highest BCUT2D eigenvalue weighted by atomic mass is 32.2. The van der Waals surface area contributed by atoms with E-state index in [1.165, 1.54) is 0 Å². The van der Waals surface area contributed by atoms with Gasteiger partial charge in [-0.3, -0.25) is 9.69 Å². The predicted octanol–water partition coefficient (Wildman–Crippen LogP) is -0.403. The van der Waals surface area contributed by atoms with Gasteiger partial charge in [-0.25, -0.2) is 13.1 Å². The standard InChI is InChI=1S/C16H23N3O4S/c1-11-2-4-12(5-3-11)24(22,23)18-13-6-7-14(16(13)21)19-9-8-17-15(20)10-19/h2-5,13-14,16,18,21H,6-10H2,1H3,(H,17,20)/t13-,14-,16-/m1/s1. The van der Waals surface area contributed by atoms with Crippen molar-refractivity contribution in [3.05, 3.63) is 29.8 Å². The zero-order valence-corrected chi connectivity index (χ0v) is 14.4. The molecule has 1 aromatic carbocycles. The van der Waals surface area contributed by atoms with Crippen LogP contribution in [0.3, 0.4) is 0 Å². The van der Waals surface area contributed by atoms with Crippen LogP contribution in [0, 0.1) is 6.92 Å². The molecule has 2 aliphatic rings. The summed E-state index contributed by atoms with van der Waals surface area (Å²) >= 11 is 0. The van der Waals surface area contributed by atoms with Crippen molar-refractivity contribution >= 4 is 15.9 Å². The van der Waals surface area contributed by atoms with Crippen LogP contribution >= 0.6 is 0 Å². The van der Waals surface area contributed by atoms with Crippen molar-refractivity contribution in [3.63, 3.8) is 0 Å². The molecule has 2 fully saturated rings. The van der Waals surface area contributed by atoms with Gasteiger partial charge in [-0.2, -0.15) is 0 Å². The number of aliphatic hydroxyl groups is 1. The van der Waals surface area contributed by atoms with Crippen LogP contribution < -0.4 is 10.0 Å². The highest BCUT2D eigenvalue weighted by Gasteiger charge is 2.41. The molecule has 8 heteroatoms. The van der Waals surface area contributed by atoms with Crippen LogP contribution in [0.15, 0.2) is 29.2 Å². The smallest absolute Gasteiger partial charge is 0.240 e. The number of carbonyl (C=O) groups excluding carboxylic acids is 1. The second-order valence-corrected chi connectivity index (χ2v) is 8.21. The van der Waals surface area contributed by atoms with E-state index in [1.54, 1.807) is 24.3 Å². The quantitative estimate of drug-likeness (QED) is 0.684. The molecule has 0 spiro atoms. The van der Waals surface area contributed by atoms with Crippen molar-refractivity contribution in [2.24, 2.45) is 0 Å². The minimum Gasteiger partial charge on any atom is -0.390 e. The number of carbonyl (C=O) groups is 1. The number of amides is 1. The number of nitrogens with one attached hydrogen (secondary N) is 2. The third-order valence-corrected chi connectivity index (χ3v) is 6.26. The molecule has 1 aliphatic carbocycles. The van der Waals surface area contributed by atoms with Crippen molar-refractivity contribution in [1.82, 2.24) is 14.9 Å². The molecule has 24 heavy (non-hydrogen) atoms. The number of sulfonamides is 1. The lowest BCUT2D eigenvalue weighted by Crippen LogP contribution is -2.55. The molecule has 7 nitrogen and oxygen atoms in total. The van der Waals surface area contributed by atoms with E-state index in [4.69, 9.17) is 0 Å². The van der Waals surface area contributed by atoms with Gasteiger partial charge in [-0.05, 0) is 31.9 Å². The summed E-state index contributed by atoms with van der Waals surface area (Å²) in [5.74, 6) is -0.0582. The molecule has 3 N–H and O–H groups in total. The van der Waals surface area contributed by atoms with E-state index in [1.807, 2.05) is 11.8 Å². The Balaban J connectivity index is 1.68. The van der Waals surface area contributed by atoms with Crippen LogP contribution in [0.4, 0.5) is 0 Å². The van der Waals surface area contributed by atoms with Crippen molar-refractivity contribution in [2.75, 3.05) is 19.6 Å². The highest BCUT2D eigenvalue weighted by Crippen LogP contribution is 2.26. The summed E-state index contributed by atoms with van der Waals surface area (Å²) < 4.78 is 27.6. The first-order valence-corrected chi connectivity index (χ1v) is 9.63. The number of rotatable bonds is 4. The Morgan fingerprint density at radius 1 is 1.25 bits per heavy atom. The van der Waals surface area contributed by atoms with Crippen molar-refractivity contribution < 1.29 is 18.3 Å². The maximum Gasteiger partial charge on any atom is 0.240 e. The molecule has 0 radical (unpaired) electrons. The molecule has 0 aromatic heterocycles. The number of hydrogen-bond acceptors (Lipinski definition) is 5. The summed E-state index contributed by atoms with van der Waals surface area (Å²) in [4.78, 5) is 13.6. The SMILES string of the molecule is Cc1ccc(S(=O)(=O)N[C@@H]2CC[C@@H](N3CCNC(=O)C3)[C@@H]2O)cc1. The Hall–Kier alpha value is -1.48. The van der Waals surface area contributed by atoms with Gasteiger partial charge in [0.05, 0.1) is 17.5 Å². The van der Waals surface area contributed by atoms with Crippen LogP contribution in [0.2, 0.25) is 0 Å². The van der Waals surface area contributed by atoms with Crippen LogP contribution in [0.25, 0.3) is 0 Å². The molecule has 1 aromatic rings. The molecule has 132 valence electrons. The summed E-state index contributed by atoms with van der Waals surface area (Å²) in [5, 5.41) is 13.3. The van der Waals surface area contributed by atoms with Gasteiger partial charge >= 0.3 is 0 Å². The summed E-state index contributed by atoms with van der Waals surface area (Å²) in [6, 6.07) is 5.88. The lowest BCUT2D eigenvalue weighted by Gasteiger charge is -2.34. The summed E-state index contributed by atoms with van der Waals surface area (Å²) in [7, 11) is -3.67. The molecule has 1 heterocycles. The Bertz CT molecular complexity index is 705. The molecule has 1 amide bonds. The van der Waals surface area contributed by atoms with Gasteiger partial charge in [0.2, 0.25) is 15.9 Å². The van der Waals surface area contributed by atoms with Gasteiger partial charge in [0.25, 0.3) is 0 Å². The summed E-state index contributed by atoms with van der Waals surface area (Å²) in [5.41, 5.74) is 0.985. The van der Waals surface area contributed by atoms with E-state index >= 15 is 0 Å². The lowest BCUT2D eigenvalue weighted by atomic mass is 10.1. The molecular formula is C16H23N3O4S. The minimum atomic E-state index is -3.67. The van der Waals surface area contributed by atoms with Gasteiger partial charge in [0.15, 0.2) is 0 Å². The number of aryl methyl sites for hydroxylation is 1. The fourth-order valence-electron chi connectivity index (χ4n) is 3.41. The van der Waals surface area contributed by atoms with E-state index in [2.05, 4.69) is 10.0 Å². The molecule has 3 atom stereocenters. The Morgan fingerprint density at radius 3 is 2.62 bits per heavy atom. The van der Waals surface area contributed by atoms with Gasteiger partial charge < -0.3 is 10.4 Å². The molecular weight excluding hydrogens is 330 g/mol. The average Bonchev–Trinajstić information content (AvgIpc) is 2.88. The minimum absolute atomic E-state index is 0.0582. The first-order valence-electron chi connectivity index (χ1n) is 8.14. The number of aliphatic hydroxyl groups excluding tert-OH is 1. The summed E-state index contributed by atoms with van der Waals surface area (Å²) in [6.07, 6.45) is 0.390. The van der Waals surface area contributed by atoms with Crippen LogP contribution in [0.1, 0.15) is 18.4 Å². The third kappa shape index (κ3) is 3.61. The van der Waals surface area contributed by atoms with Crippen molar-refractivity contribution in [2.45, 2.75) is 42.8 Å². The number of hydrogen-bond donors (Lipinski definition) is 3. The molecule has 0 bridgehead atoms. The predicted molar refractivity (Wildman–Crippen MR) is 88.9 cm³/mol. The van der Waals surface area contributed by atoms with Crippen LogP contribution in [-0.2, 0) is 14.8 Å². The second-order valence-electron chi connectivity index (χ2n) is 6.50. The normalized spacial score (nSPS) is 28.8. The molecule has 3 rings (SSSR count). The summed E-state index contributed by atoms with van der Waals surface area (Å²) in [6.45, 7) is 3.37. The third-order valence-electron chi connectivity index (χ3n) is 4.75. The fourth-order valence-corrected chi connectivity index (χ4v) is 4.70. The van der Waals surface area contributed by atoms with E-state index in [9.17, 15) is 18.3 Å².